The minimum Gasteiger partial charge on any atom is -0.394 e. The lowest BCUT2D eigenvalue weighted by Gasteiger charge is -2.46. The van der Waals surface area contributed by atoms with Gasteiger partial charge in [-0.2, -0.15) is 0 Å². The number of hydrogen-bond donors (Lipinski definition) is 9. The lowest BCUT2D eigenvalue weighted by atomic mass is 9.97. The zero-order valence-electron chi connectivity index (χ0n) is 43.4. The summed E-state index contributed by atoms with van der Waals surface area (Å²) >= 11 is 0. The van der Waals surface area contributed by atoms with E-state index >= 15 is 0 Å². The Kier molecular flexibility index (Phi) is 38.5. The van der Waals surface area contributed by atoms with Crippen LogP contribution in [0.25, 0.3) is 0 Å². The molecule has 0 aliphatic carbocycles. The first kappa shape index (κ1) is 64.3. The van der Waals surface area contributed by atoms with Crippen LogP contribution in [0.3, 0.4) is 0 Å². The van der Waals surface area contributed by atoms with Gasteiger partial charge in [-0.15, -0.1) is 0 Å². The summed E-state index contributed by atoms with van der Waals surface area (Å²) in [6.45, 7) is 2.69. The quantitative estimate of drug-likeness (QED) is 0.0208. The molecule has 2 aliphatic heterocycles. The molecular weight excluding hydrogens is 907 g/mol. The van der Waals surface area contributed by atoms with E-state index in [4.69, 9.17) is 18.9 Å². The van der Waals surface area contributed by atoms with Crippen molar-refractivity contribution in [3.05, 3.63) is 85.1 Å². The van der Waals surface area contributed by atoms with Crippen LogP contribution in [0.1, 0.15) is 174 Å². The molecule has 1 amide bonds. The number of ether oxygens (including phenoxy) is 4. The maximum absolute atomic E-state index is 13.2. The standard InChI is InChI=1S/C57H97NO13/c1-3-5-7-9-11-13-15-17-18-19-20-21-22-23-24-25-26-27-28-29-31-33-35-37-39-41-49(62)58-45(46(61)40-38-36-34-32-30-16-14-12-10-8-6-4-2)44-68-56-54(67)52(65)55(48(43-60)70-56)71-57-53(66)51(64)50(63)47(42-59)69-57/h5,7,11,13,17-18,20-21,23-24,26-27,29,31,45-48,50-57,59-61,63-67H,3-4,6,8-10,12,14-16,19,22,25,28,30,32-44H2,1-2H3,(H,58,62)/b7-5-,13-11-,18-17-,21-20-,24-23-,27-26-,31-29-. The molecule has 2 rings (SSSR count). The Hall–Kier alpha value is -2.83. The molecule has 2 aliphatic rings. The number of unbranched alkanes of at least 4 members (excludes halogenated alkanes) is 14. The van der Waals surface area contributed by atoms with Crippen LogP contribution < -0.4 is 5.32 Å². The van der Waals surface area contributed by atoms with Gasteiger partial charge in [-0.3, -0.25) is 4.79 Å². The summed E-state index contributed by atoms with van der Waals surface area (Å²) in [6, 6.07) is -0.851. The van der Waals surface area contributed by atoms with E-state index in [0.717, 1.165) is 89.9 Å². The lowest BCUT2D eigenvalue weighted by Crippen LogP contribution is -2.65. The summed E-state index contributed by atoms with van der Waals surface area (Å²) in [5, 5.41) is 87.0. The molecule has 2 heterocycles. The average Bonchev–Trinajstić information content (AvgIpc) is 3.37. The van der Waals surface area contributed by atoms with Crippen molar-refractivity contribution < 1.29 is 64.6 Å². The summed E-state index contributed by atoms with van der Waals surface area (Å²) in [7, 11) is 0. The predicted molar refractivity (Wildman–Crippen MR) is 281 cm³/mol. The first-order valence-electron chi connectivity index (χ1n) is 27.3. The van der Waals surface area contributed by atoms with E-state index in [-0.39, 0.29) is 18.9 Å². The smallest absolute Gasteiger partial charge is 0.220 e. The molecule has 12 unspecified atom stereocenters. The molecular formula is C57H97NO13. The van der Waals surface area contributed by atoms with E-state index in [1.165, 1.54) is 51.4 Å². The first-order valence-corrected chi connectivity index (χ1v) is 27.3. The summed E-state index contributed by atoms with van der Waals surface area (Å²) in [6.07, 6.45) is 38.7. The number of carbonyl (C=O) groups excluding carboxylic acids is 1. The lowest BCUT2D eigenvalue weighted by molar-refractivity contribution is -0.359. The Morgan fingerprint density at radius 3 is 1.48 bits per heavy atom. The molecule has 0 radical (unpaired) electrons. The molecule has 408 valence electrons. The molecule has 14 nitrogen and oxygen atoms in total. The fourth-order valence-electron chi connectivity index (χ4n) is 8.45. The fourth-order valence-corrected chi connectivity index (χ4v) is 8.45. The van der Waals surface area contributed by atoms with Crippen molar-refractivity contribution in [1.82, 2.24) is 5.32 Å². The highest BCUT2D eigenvalue weighted by Gasteiger charge is 2.51. The van der Waals surface area contributed by atoms with Crippen LogP contribution >= 0.6 is 0 Å². The Bertz CT molecular complexity index is 1510. The number of carbonyl (C=O) groups is 1. The van der Waals surface area contributed by atoms with Crippen molar-refractivity contribution in [2.75, 3.05) is 19.8 Å². The zero-order chi connectivity index (χ0) is 51.7. The summed E-state index contributed by atoms with van der Waals surface area (Å²) in [4.78, 5) is 13.2. The SMILES string of the molecule is CC/C=C\C/C=C\C/C=C\C/C=C\C/C=C\C/C=C\C/C=C\CCCCCC(=O)NC(COC1OC(CO)C(OC2OC(CO)C(O)C(O)C2O)C(O)C1O)C(O)CCCCCCCCCCCCCC. The highest BCUT2D eigenvalue weighted by molar-refractivity contribution is 5.76. The van der Waals surface area contributed by atoms with E-state index in [9.17, 15) is 45.6 Å². The van der Waals surface area contributed by atoms with Crippen LogP contribution in [-0.4, -0.2) is 140 Å². The molecule has 12 atom stereocenters. The average molecular weight is 1000 g/mol. The highest BCUT2D eigenvalue weighted by Crippen LogP contribution is 2.30. The van der Waals surface area contributed by atoms with E-state index in [1.54, 1.807) is 0 Å². The van der Waals surface area contributed by atoms with Crippen LogP contribution in [0, 0.1) is 0 Å². The van der Waals surface area contributed by atoms with Crippen molar-refractivity contribution >= 4 is 5.91 Å². The normalized spacial score (nSPS) is 26.5. The van der Waals surface area contributed by atoms with Gasteiger partial charge in [-0.05, 0) is 70.6 Å². The van der Waals surface area contributed by atoms with Crippen LogP contribution in [0.5, 0.6) is 0 Å². The molecule has 0 aromatic rings. The molecule has 9 N–H and O–H groups in total. The van der Waals surface area contributed by atoms with Gasteiger partial charge in [0, 0.05) is 6.42 Å². The fraction of sp³-hybridized carbons (Fsp3) is 0.737. The third-order valence-corrected chi connectivity index (χ3v) is 12.9. The molecule has 0 spiro atoms. The molecule has 0 saturated carbocycles. The van der Waals surface area contributed by atoms with E-state index in [0.29, 0.717) is 12.8 Å². The molecule has 2 fully saturated rings. The largest absolute Gasteiger partial charge is 0.394 e. The molecule has 0 aromatic carbocycles. The maximum Gasteiger partial charge on any atom is 0.220 e. The Labute approximate surface area is 427 Å². The van der Waals surface area contributed by atoms with Crippen LogP contribution in [0.4, 0.5) is 0 Å². The summed E-state index contributed by atoms with van der Waals surface area (Å²) < 4.78 is 22.7. The molecule has 0 aromatic heterocycles. The van der Waals surface area contributed by atoms with Crippen LogP contribution in [0.15, 0.2) is 85.1 Å². The summed E-state index contributed by atoms with van der Waals surface area (Å²) in [5.74, 6) is -0.244. The number of rotatable bonds is 41. The maximum atomic E-state index is 13.2. The molecule has 71 heavy (non-hydrogen) atoms. The second-order valence-electron chi connectivity index (χ2n) is 19.0. The van der Waals surface area contributed by atoms with E-state index in [2.05, 4.69) is 104 Å². The molecule has 2 saturated heterocycles. The van der Waals surface area contributed by atoms with Crippen molar-refractivity contribution in [1.29, 1.82) is 0 Å². The van der Waals surface area contributed by atoms with Gasteiger partial charge in [-0.1, -0.05) is 182 Å². The summed E-state index contributed by atoms with van der Waals surface area (Å²) in [5.41, 5.74) is 0. The van der Waals surface area contributed by atoms with Gasteiger partial charge < -0.3 is 65.1 Å². The van der Waals surface area contributed by atoms with E-state index in [1.807, 2.05) is 0 Å². The Morgan fingerprint density at radius 1 is 0.521 bits per heavy atom. The first-order chi connectivity index (χ1) is 34.6. The number of hydrogen-bond acceptors (Lipinski definition) is 13. The number of amides is 1. The number of nitrogens with one attached hydrogen (secondary N) is 1. The minimum absolute atomic E-state index is 0.244. The molecule has 14 heteroatoms. The van der Waals surface area contributed by atoms with Gasteiger partial charge >= 0.3 is 0 Å². The third kappa shape index (κ3) is 29.0. The van der Waals surface area contributed by atoms with Crippen LogP contribution in [-0.2, 0) is 23.7 Å². The monoisotopic (exact) mass is 1000 g/mol. The van der Waals surface area contributed by atoms with Crippen molar-refractivity contribution in [2.45, 2.75) is 248 Å². The number of allylic oxidation sites excluding steroid dienone is 14. The van der Waals surface area contributed by atoms with Gasteiger partial charge in [0.2, 0.25) is 5.91 Å². The van der Waals surface area contributed by atoms with Gasteiger partial charge in [0.25, 0.3) is 0 Å². The topological polar surface area (TPSA) is 228 Å². The number of aliphatic hydroxyl groups is 8. The second kappa shape index (κ2) is 42.5. The van der Waals surface area contributed by atoms with Gasteiger partial charge in [-0.25, -0.2) is 0 Å². The second-order valence-corrected chi connectivity index (χ2v) is 19.0. The Morgan fingerprint density at radius 2 is 0.972 bits per heavy atom. The van der Waals surface area contributed by atoms with Gasteiger partial charge in [0.1, 0.15) is 48.8 Å². The van der Waals surface area contributed by atoms with Crippen molar-refractivity contribution in [3.63, 3.8) is 0 Å². The minimum atomic E-state index is -1.79. The third-order valence-electron chi connectivity index (χ3n) is 12.9. The highest BCUT2D eigenvalue weighted by atomic mass is 16.7. The predicted octanol–water partition coefficient (Wildman–Crippen LogP) is 8.16. The van der Waals surface area contributed by atoms with E-state index < -0.39 is 86.8 Å². The van der Waals surface area contributed by atoms with Gasteiger partial charge in [0.05, 0.1) is 32.0 Å². The Balaban J connectivity index is 1.79. The number of aliphatic hydroxyl groups excluding tert-OH is 8. The molecule has 0 bridgehead atoms. The van der Waals surface area contributed by atoms with Crippen LogP contribution in [0.2, 0.25) is 0 Å². The van der Waals surface area contributed by atoms with Crippen molar-refractivity contribution in [2.24, 2.45) is 0 Å². The van der Waals surface area contributed by atoms with Crippen molar-refractivity contribution in [3.8, 4) is 0 Å². The van der Waals surface area contributed by atoms with Gasteiger partial charge in [0.15, 0.2) is 12.6 Å². The zero-order valence-corrected chi connectivity index (χ0v) is 43.4.